The van der Waals surface area contributed by atoms with Crippen molar-refractivity contribution in [2.45, 2.75) is 0 Å². The molecule has 92 valence electrons. The van der Waals surface area contributed by atoms with Gasteiger partial charge >= 0.3 is 0 Å². The van der Waals surface area contributed by atoms with Gasteiger partial charge in [0, 0.05) is 17.2 Å². The topological polar surface area (TPSA) is 41.1 Å². The Kier molecular flexibility index (Phi) is 3.99. The van der Waals surface area contributed by atoms with Crippen LogP contribution in [0.1, 0.15) is 10.4 Å². The first-order chi connectivity index (χ1) is 8.72. The summed E-state index contributed by atoms with van der Waals surface area (Å²) in [6.45, 7) is 0. The molecule has 0 fully saturated rings. The molecule has 0 atom stereocenters. The van der Waals surface area contributed by atoms with Crippen molar-refractivity contribution in [3.8, 4) is 0 Å². The maximum atomic E-state index is 12.2. The molecule has 3 nitrogen and oxygen atoms in total. The minimum Gasteiger partial charge on any atom is -0.387 e. The highest BCUT2D eigenvalue weighted by Gasteiger charge is 2.11. The van der Waals surface area contributed by atoms with E-state index >= 15 is 0 Å². The van der Waals surface area contributed by atoms with Gasteiger partial charge in [-0.3, -0.25) is 4.79 Å². The molecule has 2 rings (SSSR count). The third-order valence-corrected chi connectivity index (χ3v) is 3.25. The standard InChI is InChI=1S/C14H13BrN2O/c1-16-12-8-4-2-6-10(12)14(18)17-13-9-5-3-7-11(13)15/h2-9,16H,1H3,(H,17,18). The Morgan fingerprint density at radius 1 is 1.00 bits per heavy atom. The first-order valence-corrected chi connectivity index (χ1v) is 6.34. The number of hydrogen-bond donors (Lipinski definition) is 2. The van der Waals surface area contributed by atoms with Crippen molar-refractivity contribution >= 4 is 33.2 Å². The van der Waals surface area contributed by atoms with Gasteiger partial charge in [-0.1, -0.05) is 24.3 Å². The quantitative estimate of drug-likeness (QED) is 0.907. The summed E-state index contributed by atoms with van der Waals surface area (Å²) in [6.07, 6.45) is 0. The van der Waals surface area contributed by atoms with Gasteiger partial charge in [0.2, 0.25) is 0 Å². The van der Waals surface area contributed by atoms with E-state index in [0.29, 0.717) is 5.56 Å². The molecule has 0 aliphatic rings. The molecule has 2 aromatic carbocycles. The fourth-order valence-corrected chi connectivity index (χ4v) is 2.04. The lowest BCUT2D eigenvalue weighted by Gasteiger charge is -2.10. The van der Waals surface area contributed by atoms with E-state index in [-0.39, 0.29) is 5.91 Å². The molecule has 0 aliphatic heterocycles. The van der Waals surface area contributed by atoms with Crippen LogP contribution in [0.25, 0.3) is 0 Å². The first kappa shape index (κ1) is 12.6. The maximum Gasteiger partial charge on any atom is 0.257 e. The summed E-state index contributed by atoms with van der Waals surface area (Å²) < 4.78 is 0.861. The van der Waals surface area contributed by atoms with Crippen LogP contribution < -0.4 is 10.6 Å². The molecule has 4 heteroatoms. The zero-order valence-electron chi connectivity index (χ0n) is 9.91. The third kappa shape index (κ3) is 2.71. The predicted molar refractivity (Wildman–Crippen MR) is 78.1 cm³/mol. The summed E-state index contributed by atoms with van der Waals surface area (Å²) >= 11 is 3.40. The highest BCUT2D eigenvalue weighted by molar-refractivity contribution is 9.10. The number of carbonyl (C=O) groups is 1. The molecule has 18 heavy (non-hydrogen) atoms. The van der Waals surface area contributed by atoms with E-state index in [0.717, 1.165) is 15.8 Å². The average Bonchev–Trinajstić information content (AvgIpc) is 2.41. The van der Waals surface area contributed by atoms with Crippen LogP contribution >= 0.6 is 15.9 Å². The minimum atomic E-state index is -0.133. The van der Waals surface area contributed by atoms with E-state index in [1.165, 1.54) is 0 Å². The van der Waals surface area contributed by atoms with E-state index in [4.69, 9.17) is 0 Å². The predicted octanol–water partition coefficient (Wildman–Crippen LogP) is 3.74. The van der Waals surface area contributed by atoms with Crippen LogP contribution in [0.4, 0.5) is 11.4 Å². The average molecular weight is 305 g/mol. The van der Waals surface area contributed by atoms with Gasteiger partial charge in [-0.15, -0.1) is 0 Å². The summed E-state index contributed by atoms with van der Waals surface area (Å²) in [5.74, 6) is -0.133. The largest absolute Gasteiger partial charge is 0.387 e. The smallest absolute Gasteiger partial charge is 0.257 e. The van der Waals surface area contributed by atoms with Crippen molar-refractivity contribution in [3.63, 3.8) is 0 Å². The Balaban J connectivity index is 2.25. The first-order valence-electron chi connectivity index (χ1n) is 5.55. The van der Waals surface area contributed by atoms with Crippen molar-refractivity contribution < 1.29 is 4.79 Å². The third-order valence-electron chi connectivity index (χ3n) is 2.56. The molecule has 0 aromatic heterocycles. The Morgan fingerprint density at radius 2 is 1.61 bits per heavy atom. The molecule has 0 saturated heterocycles. The lowest BCUT2D eigenvalue weighted by atomic mass is 10.1. The van der Waals surface area contributed by atoms with E-state index in [9.17, 15) is 4.79 Å². The summed E-state index contributed by atoms with van der Waals surface area (Å²) in [7, 11) is 1.80. The fraction of sp³-hybridized carbons (Fsp3) is 0.0714. The number of nitrogens with one attached hydrogen (secondary N) is 2. The maximum absolute atomic E-state index is 12.2. The summed E-state index contributed by atoms with van der Waals surface area (Å²) in [5, 5.41) is 5.88. The molecule has 0 bridgehead atoms. The molecule has 2 N–H and O–H groups in total. The van der Waals surface area contributed by atoms with E-state index in [1.54, 1.807) is 13.1 Å². The SMILES string of the molecule is CNc1ccccc1C(=O)Nc1ccccc1Br. The molecule has 2 aromatic rings. The van der Waals surface area contributed by atoms with E-state index < -0.39 is 0 Å². The van der Waals surface area contributed by atoms with E-state index in [2.05, 4.69) is 26.6 Å². The normalized spacial score (nSPS) is 9.89. The van der Waals surface area contributed by atoms with Crippen LogP contribution in [0.2, 0.25) is 0 Å². The lowest BCUT2D eigenvalue weighted by Crippen LogP contribution is -2.14. The highest BCUT2D eigenvalue weighted by Crippen LogP contribution is 2.23. The van der Waals surface area contributed by atoms with Gasteiger partial charge in [-0.2, -0.15) is 0 Å². The highest BCUT2D eigenvalue weighted by atomic mass is 79.9. The number of hydrogen-bond acceptors (Lipinski definition) is 2. The second-order valence-electron chi connectivity index (χ2n) is 3.73. The van der Waals surface area contributed by atoms with Gasteiger partial charge in [0.05, 0.1) is 11.3 Å². The molecule has 0 aliphatic carbocycles. The van der Waals surface area contributed by atoms with E-state index in [1.807, 2.05) is 42.5 Å². The minimum absolute atomic E-state index is 0.133. The van der Waals surface area contributed by atoms with Gasteiger partial charge in [0.25, 0.3) is 5.91 Å². The van der Waals surface area contributed by atoms with Crippen molar-refractivity contribution in [1.29, 1.82) is 0 Å². The van der Waals surface area contributed by atoms with Crippen LogP contribution in [0.5, 0.6) is 0 Å². The molecular weight excluding hydrogens is 292 g/mol. The molecule has 0 radical (unpaired) electrons. The zero-order valence-corrected chi connectivity index (χ0v) is 11.5. The molecule has 0 saturated carbocycles. The molecule has 0 spiro atoms. The second kappa shape index (κ2) is 5.69. The summed E-state index contributed by atoms with van der Waals surface area (Å²) in [4.78, 5) is 12.2. The summed E-state index contributed by atoms with van der Waals surface area (Å²) in [5.41, 5.74) is 2.19. The van der Waals surface area contributed by atoms with Gasteiger partial charge in [0.1, 0.15) is 0 Å². The number of anilines is 2. The Bertz CT molecular complexity index is 569. The molecule has 0 unspecified atom stereocenters. The van der Waals surface area contributed by atoms with Crippen molar-refractivity contribution in [2.75, 3.05) is 17.7 Å². The Morgan fingerprint density at radius 3 is 2.28 bits per heavy atom. The number of carbonyl (C=O) groups excluding carboxylic acids is 1. The lowest BCUT2D eigenvalue weighted by molar-refractivity contribution is 0.102. The van der Waals surface area contributed by atoms with Crippen LogP contribution in [0, 0.1) is 0 Å². The second-order valence-corrected chi connectivity index (χ2v) is 4.58. The number of para-hydroxylation sites is 2. The summed E-state index contributed by atoms with van der Waals surface area (Å²) in [6, 6.07) is 14.9. The molecule has 1 amide bonds. The zero-order chi connectivity index (χ0) is 13.0. The van der Waals surface area contributed by atoms with Crippen LogP contribution in [0.3, 0.4) is 0 Å². The Labute approximate surface area is 114 Å². The van der Waals surface area contributed by atoms with Crippen molar-refractivity contribution in [3.05, 3.63) is 58.6 Å². The monoisotopic (exact) mass is 304 g/mol. The molecule has 0 heterocycles. The van der Waals surface area contributed by atoms with Gasteiger partial charge in [-0.25, -0.2) is 0 Å². The van der Waals surface area contributed by atoms with Crippen LogP contribution in [0.15, 0.2) is 53.0 Å². The van der Waals surface area contributed by atoms with Crippen LogP contribution in [-0.4, -0.2) is 13.0 Å². The molecular formula is C14H13BrN2O. The number of amides is 1. The number of benzene rings is 2. The van der Waals surface area contributed by atoms with Crippen molar-refractivity contribution in [2.24, 2.45) is 0 Å². The van der Waals surface area contributed by atoms with Gasteiger partial charge in [0.15, 0.2) is 0 Å². The van der Waals surface area contributed by atoms with Gasteiger partial charge in [-0.05, 0) is 40.2 Å². The number of rotatable bonds is 3. The van der Waals surface area contributed by atoms with Gasteiger partial charge < -0.3 is 10.6 Å². The van der Waals surface area contributed by atoms with Crippen molar-refractivity contribution in [1.82, 2.24) is 0 Å². The Hall–Kier alpha value is -1.81. The number of halogens is 1. The van der Waals surface area contributed by atoms with Crippen LogP contribution in [-0.2, 0) is 0 Å². The fourth-order valence-electron chi connectivity index (χ4n) is 1.65.